The molecule has 0 radical (unpaired) electrons. The molecule has 0 saturated carbocycles. The number of aliphatic hydroxyl groups excluding tert-OH is 1. The second-order valence-corrected chi connectivity index (χ2v) is 9.49. The maximum atomic E-state index is 13.0. The van der Waals surface area contributed by atoms with Crippen LogP contribution in [0, 0.1) is 5.92 Å². The smallest absolute Gasteiger partial charge is 0.337 e. The number of anilines is 2. The van der Waals surface area contributed by atoms with Gasteiger partial charge in [0, 0.05) is 38.0 Å². The average molecular weight is 554 g/mol. The summed E-state index contributed by atoms with van der Waals surface area (Å²) in [7, 11) is 1.33. The zero-order valence-corrected chi connectivity index (χ0v) is 23.1. The molecule has 2 amide bonds. The Kier molecular flexibility index (Phi) is 12.0. The first kappa shape index (κ1) is 30.6. The van der Waals surface area contributed by atoms with Crippen LogP contribution in [0.25, 0.3) is 0 Å². The summed E-state index contributed by atoms with van der Waals surface area (Å²) >= 11 is 0. The summed E-state index contributed by atoms with van der Waals surface area (Å²) in [5, 5.41) is 15.1. The van der Waals surface area contributed by atoms with Gasteiger partial charge in [-0.15, -0.1) is 0 Å². The number of rotatable bonds is 14. The predicted octanol–water partition coefficient (Wildman–Crippen LogP) is 3.73. The van der Waals surface area contributed by atoms with Gasteiger partial charge < -0.3 is 35.7 Å². The van der Waals surface area contributed by atoms with Gasteiger partial charge in [0.1, 0.15) is 0 Å². The van der Waals surface area contributed by atoms with Crippen LogP contribution in [-0.2, 0) is 23.8 Å². The van der Waals surface area contributed by atoms with E-state index in [2.05, 4.69) is 10.6 Å². The average Bonchev–Trinajstić information content (AvgIpc) is 2.97. The lowest BCUT2D eigenvalue weighted by molar-refractivity contribution is -0.166. The van der Waals surface area contributed by atoms with Crippen LogP contribution in [0.2, 0.25) is 0 Å². The molecule has 0 aromatic heterocycles. The first-order valence-corrected chi connectivity index (χ1v) is 13.6. The van der Waals surface area contributed by atoms with E-state index in [0.717, 1.165) is 5.56 Å². The molecule has 0 spiro atoms. The monoisotopic (exact) mass is 553 g/mol. The summed E-state index contributed by atoms with van der Waals surface area (Å²) in [5.41, 5.74) is 8.26. The molecule has 0 unspecified atom stereocenters. The van der Waals surface area contributed by atoms with E-state index >= 15 is 0 Å². The van der Waals surface area contributed by atoms with Crippen molar-refractivity contribution in [2.45, 2.75) is 51.2 Å². The minimum Gasteiger partial charge on any atom is -0.465 e. The third kappa shape index (κ3) is 8.56. The molecular formula is C30H39N3O7. The number of nitrogens with one attached hydrogen (secondary N) is 2. The maximum Gasteiger partial charge on any atom is 0.337 e. The molecule has 0 bridgehead atoms. The van der Waals surface area contributed by atoms with Gasteiger partial charge in [0.2, 0.25) is 12.2 Å². The molecule has 5 N–H and O–H groups in total. The van der Waals surface area contributed by atoms with E-state index < -0.39 is 12.3 Å². The fourth-order valence-corrected chi connectivity index (χ4v) is 4.63. The van der Waals surface area contributed by atoms with E-state index in [9.17, 15) is 19.5 Å². The highest BCUT2D eigenvalue weighted by atomic mass is 16.7. The fourth-order valence-electron chi connectivity index (χ4n) is 4.63. The molecule has 2 aromatic carbocycles. The molecule has 3 atom stereocenters. The number of nitrogens with two attached hydrogens (primary N) is 1. The SMILES string of the molecule is CCO[C@H]1OC(C(=O)NCCCCC(=O)Nc2ccccc2N)=C[C@@H](c2ccc(C(=O)OC)cc2)[C@H]1CCCO. The van der Waals surface area contributed by atoms with Crippen LogP contribution in [0.3, 0.4) is 0 Å². The van der Waals surface area contributed by atoms with Crippen molar-refractivity contribution >= 4 is 29.2 Å². The van der Waals surface area contributed by atoms with Gasteiger partial charge in [-0.1, -0.05) is 24.3 Å². The number of unbranched alkanes of at least 4 members (excludes halogenated alkanes) is 1. The van der Waals surface area contributed by atoms with Crippen molar-refractivity contribution < 1.29 is 33.7 Å². The second-order valence-electron chi connectivity index (χ2n) is 9.49. The minimum atomic E-state index is -0.679. The zero-order chi connectivity index (χ0) is 28.9. The fraction of sp³-hybridized carbons (Fsp3) is 0.433. The van der Waals surface area contributed by atoms with E-state index in [-0.39, 0.29) is 36.0 Å². The van der Waals surface area contributed by atoms with E-state index in [1.54, 1.807) is 42.5 Å². The quantitative estimate of drug-likeness (QED) is 0.157. The first-order valence-electron chi connectivity index (χ1n) is 13.6. The normalized spacial score (nSPS) is 18.3. The van der Waals surface area contributed by atoms with E-state index in [4.69, 9.17) is 19.9 Å². The predicted molar refractivity (Wildman–Crippen MR) is 151 cm³/mol. The Morgan fingerprint density at radius 2 is 1.80 bits per heavy atom. The molecule has 0 fully saturated rings. The Bertz CT molecular complexity index is 1170. The van der Waals surface area contributed by atoms with Crippen LogP contribution >= 0.6 is 0 Å². The highest BCUT2D eigenvalue weighted by Crippen LogP contribution is 2.39. The van der Waals surface area contributed by atoms with Crippen LogP contribution in [0.15, 0.2) is 60.4 Å². The van der Waals surface area contributed by atoms with Crippen molar-refractivity contribution in [1.82, 2.24) is 5.32 Å². The number of esters is 1. The second kappa shape index (κ2) is 15.6. The zero-order valence-electron chi connectivity index (χ0n) is 23.1. The summed E-state index contributed by atoms with van der Waals surface area (Å²) in [6.45, 7) is 2.63. The summed E-state index contributed by atoms with van der Waals surface area (Å²) in [4.78, 5) is 37.2. The number of aliphatic hydroxyl groups is 1. The Hall–Kier alpha value is -3.89. The molecule has 40 heavy (non-hydrogen) atoms. The summed E-state index contributed by atoms with van der Waals surface area (Å²) in [6, 6.07) is 14.1. The van der Waals surface area contributed by atoms with Crippen molar-refractivity contribution in [3.05, 3.63) is 71.5 Å². The summed E-state index contributed by atoms with van der Waals surface area (Å²) in [5.74, 6) is -1.18. The molecule has 3 rings (SSSR count). The number of hydrogen-bond donors (Lipinski definition) is 4. The molecule has 216 valence electrons. The Labute approximate surface area is 234 Å². The number of nitrogen functional groups attached to an aromatic ring is 1. The number of methoxy groups -OCH3 is 1. The lowest BCUT2D eigenvalue weighted by atomic mass is 9.80. The van der Waals surface area contributed by atoms with Crippen LogP contribution in [-0.4, -0.2) is 56.0 Å². The standard InChI is InChI=1S/C30H39N3O7/c1-3-39-30-22(9-8-18-34)23(20-13-15-21(16-14-20)29(37)38-2)19-26(40-30)28(36)32-17-7-6-12-27(35)33-25-11-5-4-10-24(25)31/h4-5,10-11,13-16,19,22-23,30,34H,3,6-9,12,17-18,31H2,1-2H3,(H,32,36)(H,33,35)/t22-,23+,30+/m1/s1. The highest BCUT2D eigenvalue weighted by Gasteiger charge is 2.37. The third-order valence-corrected chi connectivity index (χ3v) is 6.70. The number of carbonyl (C=O) groups is 3. The molecular weight excluding hydrogens is 514 g/mol. The van der Waals surface area contributed by atoms with E-state index in [1.807, 2.05) is 19.1 Å². The third-order valence-electron chi connectivity index (χ3n) is 6.70. The molecule has 2 aromatic rings. The van der Waals surface area contributed by atoms with Crippen molar-refractivity contribution in [3.63, 3.8) is 0 Å². The van der Waals surface area contributed by atoms with Crippen molar-refractivity contribution in [1.29, 1.82) is 0 Å². The number of hydrogen-bond acceptors (Lipinski definition) is 8. The van der Waals surface area contributed by atoms with Crippen molar-refractivity contribution in [2.24, 2.45) is 5.92 Å². The Morgan fingerprint density at radius 3 is 2.48 bits per heavy atom. The minimum absolute atomic E-state index is 0.0250. The van der Waals surface area contributed by atoms with Gasteiger partial charge in [-0.3, -0.25) is 9.59 Å². The molecule has 1 aliphatic heterocycles. The maximum absolute atomic E-state index is 13.0. The van der Waals surface area contributed by atoms with Gasteiger partial charge in [-0.25, -0.2) is 4.79 Å². The Morgan fingerprint density at radius 1 is 1.05 bits per heavy atom. The van der Waals surface area contributed by atoms with Crippen LogP contribution in [0.1, 0.15) is 60.9 Å². The van der Waals surface area contributed by atoms with Crippen LogP contribution in [0.5, 0.6) is 0 Å². The first-order chi connectivity index (χ1) is 19.4. The molecule has 1 aliphatic rings. The Balaban J connectivity index is 1.63. The van der Waals surface area contributed by atoms with Crippen molar-refractivity contribution in [2.75, 3.05) is 37.9 Å². The van der Waals surface area contributed by atoms with Gasteiger partial charge in [0.15, 0.2) is 5.76 Å². The van der Waals surface area contributed by atoms with E-state index in [0.29, 0.717) is 62.2 Å². The molecule has 0 saturated heterocycles. The van der Waals surface area contributed by atoms with Gasteiger partial charge in [-0.2, -0.15) is 0 Å². The number of para-hydroxylation sites is 2. The highest BCUT2D eigenvalue weighted by molar-refractivity contribution is 5.94. The van der Waals surface area contributed by atoms with Crippen LogP contribution < -0.4 is 16.4 Å². The van der Waals surface area contributed by atoms with Crippen LogP contribution in [0.4, 0.5) is 11.4 Å². The topological polar surface area (TPSA) is 149 Å². The summed E-state index contributed by atoms with van der Waals surface area (Å²) < 4.78 is 16.7. The number of benzene rings is 2. The largest absolute Gasteiger partial charge is 0.465 e. The van der Waals surface area contributed by atoms with E-state index in [1.165, 1.54) is 7.11 Å². The van der Waals surface area contributed by atoms with Gasteiger partial charge in [0.05, 0.1) is 24.0 Å². The van der Waals surface area contributed by atoms with Gasteiger partial charge in [0.25, 0.3) is 5.91 Å². The lowest BCUT2D eigenvalue weighted by Crippen LogP contribution is -2.39. The number of allylic oxidation sites excluding steroid dienone is 1. The number of ether oxygens (including phenoxy) is 3. The lowest BCUT2D eigenvalue weighted by Gasteiger charge is -2.37. The van der Waals surface area contributed by atoms with Gasteiger partial charge in [-0.05, 0) is 68.5 Å². The van der Waals surface area contributed by atoms with Gasteiger partial charge >= 0.3 is 5.97 Å². The molecule has 10 heteroatoms. The molecule has 1 heterocycles. The number of amides is 2. The number of carbonyl (C=O) groups excluding carboxylic acids is 3. The molecule has 0 aliphatic carbocycles. The summed E-state index contributed by atoms with van der Waals surface area (Å²) in [6.07, 6.45) is 3.74. The van der Waals surface area contributed by atoms with Crippen molar-refractivity contribution in [3.8, 4) is 0 Å². The molecule has 10 nitrogen and oxygen atoms in total.